The molecule has 12 nitrogen and oxygen atoms in total. The normalized spacial score (nSPS) is 25.3. The monoisotopic (exact) mass is 494 g/mol. The van der Waals surface area contributed by atoms with E-state index in [1.165, 1.54) is 4.31 Å². The summed E-state index contributed by atoms with van der Waals surface area (Å²) in [6.07, 6.45) is 4.74. The first kappa shape index (κ1) is 22.1. The minimum Gasteiger partial charge on any atom is -0.351 e. The van der Waals surface area contributed by atoms with Crippen LogP contribution in [0.4, 0.5) is 17.6 Å². The van der Waals surface area contributed by atoms with Crippen LogP contribution in [0, 0.1) is 24.2 Å². The number of fused-ring (bicyclic) bond motifs is 3. The SMILES string of the molecule is Cc1cc(Nc2nc(N[C@@H]3CC4CC[C@@H](C3)N4S(=O)(=O)N3CC(C#N)C3)nc3cccnc23)n[nH]1. The van der Waals surface area contributed by atoms with E-state index in [9.17, 15) is 8.42 Å². The fraction of sp³-hybridized carbons (Fsp3) is 0.500. The molecule has 3 aliphatic heterocycles. The highest BCUT2D eigenvalue weighted by Crippen LogP contribution is 2.40. The molecule has 0 aliphatic carbocycles. The van der Waals surface area contributed by atoms with Gasteiger partial charge in [-0.25, -0.2) is 4.98 Å². The lowest BCUT2D eigenvalue weighted by atomic mass is 10.00. The summed E-state index contributed by atoms with van der Waals surface area (Å²) in [6.45, 7) is 2.51. The highest BCUT2D eigenvalue weighted by molar-refractivity contribution is 7.86. The Kier molecular flexibility index (Phi) is 5.32. The van der Waals surface area contributed by atoms with Crippen molar-refractivity contribution >= 4 is 38.8 Å². The molecule has 0 aromatic carbocycles. The lowest BCUT2D eigenvalue weighted by molar-refractivity contribution is 0.182. The van der Waals surface area contributed by atoms with Gasteiger partial charge in [0.15, 0.2) is 11.6 Å². The molecule has 3 N–H and O–H groups in total. The molecule has 1 unspecified atom stereocenters. The molecule has 6 heterocycles. The van der Waals surface area contributed by atoms with E-state index in [2.05, 4.69) is 41.9 Å². The molecule has 3 aliphatic rings. The van der Waals surface area contributed by atoms with Gasteiger partial charge in [0.05, 0.1) is 17.5 Å². The predicted octanol–water partition coefficient (Wildman–Crippen LogP) is 1.91. The number of nitriles is 1. The first-order valence-electron chi connectivity index (χ1n) is 11.8. The summed E-state index contributed by atoms with van der Waals surface area (Å²) >= 11 is 0. The number of anilines is 3. The van der Waals surface area contributed by atoms with Gasteiger partial charge in [-0.05, 0) is 44.7 Å². The van der Waals surface area contributed by atoms with E-state index < -0.39 is 10.2 Å². The predicted molar refractivity (Wildman–Crippen MR) is 129 cm³/mol. The van der Waals surface area contributed by atoms with Crippen molar-refractivity contribution in [3.63, 3.8) is 0 Å². The quantitative estimate of drug-likeness (QED) is 0.466. The summed E-state index contributed by atoms with van der Waals surface area (Å²) in [6, 6.07) is 7.67. The van der Waals surface area contributed by atoms with E-state index in [1.54, 1.807) is 10.5 Å². The minimum atomic E-state index is -3.54. The molecule has 3 fully saturated rings. The van der Waals surface area contributed by atoms with Crippen LogP contribution in [0.3, 0.4) is 0 Å². The second-order valence-electron chi connectivity index (χ2n) is 9.51. The summed E-state index contributed by atoms with van der Waals surface area (Å²) < 4.78 is 29.5. The molecular formula is C22H26N10O2S. The van der Waals surface area contributed by atoms with Crippen LogP contribution in [-0.4, -0.2) is 73.4 Å². The fourth-order valence-electron chi connectivity index (χ4n) is 5.38. The Morgan fingerprint density at radius 2 is 1.97 bits per heavy atom. The molecule has 3 aromatic heterocycles. The standard InChI is InChI=1S/C22H26N10O2S/c1-13-7-19(30-29-13)27-21-20-18(3-2-6-24-20)26-22(28-21)25-15-8-16-4-5-17(9-15)32(16)35(33,34)31-11-14(10-23)12-31/h2-3,6-7,14-17H,4-5,8-9,11-12H2,1H3,(H3,25,26,27,28,29,30)/t15-,16-,17?/m0/s1. The Bertz CT molecular complexity index is 1400. The third kappa shape index (κ3) is 3.97. The number of piperidine rings is 1. The Labute approximate surface area is 202 Å². The van der Waals surface area contributed by atoms with Crippen molar-refractivity contribution in [1.29, 1.82) is 5.26 Å². The first-order valence-corrected chi connectivity index (χ1v) is 13.2. The number of rotatable bonds is 6. The number of aryl methyl sites for hydroxylation is 1. The van der Waals surface area contributed by atoms with Gasteiger partial charge in [0, 0.05) is 49.2 Å². The zero-order valence-electron chi connectivity index (χ0n) is 19.2. The van der Waals surface area contributed by atoms with Gasteiger partial charge in [-0.3, -0.25) is 10.1 Å². The van der Waals surface area contributed by atoms with Gasteiger partial charge in [-0.15, -0.1) is 0 Å². The average Bonchev–Trinajstić information content (AvgIpc) is 3.33. The lowest BCUT2D eigenvalue weighted by Gasteiger charge is -2.43. The summed E-state index contributed by atoms with van der Waals surface area (Å²) in [5, 5.41) is 22.8. The van der Waals surface area contributed by atoms with Crippen molar-refractivity contribution in [1.82, 2.24) is 33.8 Å². The average molecular weight is 495 g/mol. The van der Waals surface area contributed by atoms with E-state index in [1.807, 2.05) is 25.1 Å². The Morgan fingerprint density at radius 3 is 2.66 bits per heavy atom. The zero-order valence-corrected chi connectivity index (χ0v) is 20.0. The number of hydrogen-bond acceptors (Lipinski definition) is 9. The molecule has 3 aromatic rings. The van der Waals surface area contributed by atoms with Crippen LogP contribution in [0.25, 0.3) is 11.0 Å². The fourth-order valence-corrected chi connectivity index (χ4v) is 7.51. The maximum Gasteiger partial charge on any atom is 0.282 e. The van der Waals surface area contributed by atoms with Crippen molar-refractivity contribution in [2.24, 2.45) is 5.92 Å². The summed E-state index contributed by atoms with van der Waals surface area (Å²) in [7, 11) is -3.54. The number of pyridine rings is 1. The summed E-state index contributed by atoms with van der Waals surface area (Å²) in [4.78, 5) is 13.8. The van der Waals surface area contributed by atoms with Crippen molar-refractivity contribution in [2.45, 2.75) is 50.7 Å². The van der Waals surface area contributed by atoms with Crippen LogP contribution in [0.1, 0.15) is 31.4 Å². The van der Waals surface area contributed by atoms with E-state index >= 15 is 0 Å². The van der Waals surface area contributed by atoms with Gasteiger partial charge in [-0.1, -0.05) is 0 Å². The van der Waals surface area contributed by atoms with E-state index in [4.69, 9.17) is 5.26 Å². The smallest absolute Gasteiger partial charge is 0.282 e. The Balaban J connectivity index is 1.21. The molecule has 3 saturated heterocycles. The van der Waals surface area contributed by atoms with Gasteiger partial charge < -0.3 is 10.6 Å². The number of nitrogens with one attached hydrogen (secondary N) is 3. The highest BCUT2D eigenvalue weighted by atomic mass is 32.2. The number of aromatic amines is 1. The molecule has 6 rings (SSSR count). The topological polar surface area (TPSA) is 156 Å². The number of H-pyrrole nitrogens is 1. The summed E-state index contributed by atoms with van der Waals surface area (Å²) in [5.74, 6) is 1.47. The number of aromatic nitrogens is 5. The Hall–Kier alpha value is -3.34. The first-order chi connectivity index (χ1) is 16.9. The molecule has 13 heteroatoms. The van der Waals surface area contributed by atoms with Crippen molar-refractivity contribution in [3.05, 3.63) is 30.1 Å². The van der Waals surface area contributed by atoms with Gasteiger partial charge in [-0.2, -0.15) is 32.4 Å². The maximum atomic E-state index is 13.2. The van der Waals surface area contributed by atoms with Crippen LogP contribution < -0.4 is 10.6 Å². The molecule has 0 spiro atoms. The minimum absolute atomic E-state index is 0.0526. The van der Waals surface area contributed by atoms with E-state index in [-0.39, 0.29) is 24.0 Å². The van der Waals surface area contributed by atoms with E-state index in [0.29, 0.717) is 54.5 Å². The largest absolute Gasteiger partial charge is 0.351 e. The van der Waals surface area contributed by atoms with Crippen LogP contribution in [0.15, 0.2) is 24.4 Å². The van der Waals surface area contributed by atoms with Crippen LogP contribution >= 0.6 is 0 Å². The molecule has 0 saturated carbocycles. The number of hydrogen-bond donors (Lipinski definition) is 3. The lowest BCUT2D eigenvalue weighted by Crippen LogP contribution is -2.59. The van der Waals surface area contributed by atoms with Gasteiger partial charge in [0.25, 0.3) is 10.2 Å². The highest BCUT2D eigenvalue weighted by Gasteiger charge is 2.51. The third-order valence-corrected chi connectivity index (χ3v) is 9.11. The van der Waals surface area contributed by atoms with Gasteiger partial charge in [0.2, 0.25) is 5.95 Å². The van der Waals surface area contributed by atoms with Gasteiger partial charge in [0.1, 0.15) is 5.52 Å². The van der Waals surface area contributed by atoms with Crippen molar-refractivity contribution in [3.8, 4) is 6.07 Å². The molecular weight excluding hydrogens is 468 g/mol. The van der Waals surface area contributed by atoms with Crippen molar-refractivity contribution < 1.29 is 8.42 Å². The van der Waals surface area contributed by atoms with Crippen LogP contribution in [0.5, 0.6) is 0 Å². The Morgan fingerprint density at radius 1 is 1.20 bits per heavy atom. The molecule has 182 valence electrons. The molecule has 2 bridgehead atoms. The second kappa shape index (κ2) is 8.40. The number of nitrogens with zero attached hydrogens (tertiary/aromatic N) is 7. The maximum absolute atomic E-state index is 13.2. The van der Waals surface area contributed by atoms with E-state index in [0.717, 1.165) is 18.5 Å². The molecule has 0 radical (unpaired) electrons. The molecule has 3 atom stereocenters. The summed E-state index contributed by atoms with van der Waals surface area (Å²) in [5.41, 5.74) is 2.27. The zero-order chi connectivity index (χ0) is 24.2. The molecule has 0 amide bonds. The van der Waals surface area contributed by atoms with Crippen LogP contribution in [0.2, 0.25) is 0 Å². The van der Waals surface area contributed by atoms with Crippen molar-refractivity contribution in [2.75, 3.05) is 23.7 Å². The van der Waals surface area contributed by atoms with Gasteiger partial charge >= 0.3 is 0 Å². The van der Waals surface area contributed by atoms with Crippen LogP contribution in [-0.2, 0) is 10.2 Å². The molecule has 35 heavy (non-hydrogen) atoms. The second-order valence-corrected chi connectivity index (χ2v) is 11.3. The third-order valence-electron chi connectivity index (χ3n) is 7.03.